The van der Waals surface area contributed by atoms with Gasteiger partial charge in [0.2, 0.25) is 0 Å². The third-order valence-electron chi connectivity index (χ3n) is 11.2. The van der Waals surface area contributed by atoms with Crippen LogP contribution in [0.25, 0.3) is 105 Å². The molecular formula is C52H33FN2O. The van der Waals surface area contributed by atoms with Crippen molar-refractivity contribution in [1.29, 1.82) is 0 Å². The van der Waals surface area contributed by atoms with E-state index in [2.05, 4.69) is 115 Å². The van der Waals surface area contributed by atoms with Gasteiger partial charge in [0.1, 0.15) is 22.8 Å². The molecule has 2 heterocycles. The second-order valence-electron chi connectivity index (χ2n) is 14.5. The monoisotopic (exact) mass is 720 g/mol. The number of imidazole rings is 1. The Labute approximate surface area is 322 Å². The number of nitrogens with zero attached hydrogens (tertiary/aromatic N) is 2. The van der Waals surface area contributed by atoms with Gasteiger partial charge in [-0.25, -0.2) is 9.37 Å². The minimum atomic E-state index is -0.288. The third-order valence-corrected chi connectivity index (χ3v) is 11.2. The van der Waals surface area contributed by atoms with Gasteiger partial charge in [-0.2, -0.15) is 0 Å². The fourth-order valence-electron chi connectivity index (χ4n) is 8.59. The highest BCUT2D eigenvalue weighted by Crippen LogP contribution is 2.45. The van der Waals surface area contributed by atoms with E-state index in [-0.39, 0.29) is 5.82 Å². The number of aromatic nitrogens is 2. The average Bonchev–Trinajstić information content (AvgIpc) is 3.85. The zero-order valence-corrected chi connectivity index (χ0v) is 30.5. The lowest BCUT2D eigenvalue weighted by molar-refractivity contribution is 0.631. The molecule has 11 rings (SSSR count). The molecule has 0 atom stereocenters. The van der Waals surface area contributed by atoms with Crippen LogP contribution < -0.4 is 0 Å². The SMILES string of the molecule is Cc1ccc(-c2nc3c4ccccc4c4ccccc4c3n2-c2cc(-c3ccccc3)c(F)cc2-c2ccccc2)c2oc3cc(-c4ccccc4)ccc3c12. The molecule has 4 heteroatoms. The first-order valence-corrected chi connectivity index (χ1v) is 18.9. The standard InChI is InChI=1S/C52H33FN2O/c1-32-25-27-42(51-48(32)41-28-26-36(29-47(41)56-51)33-15-5-2-6-16-33)52-54-49-39-23-13-11-21-37(39)38-22-12-14-24-40(38)50(49)55(52)46-31-43(34-17-7-3-8-18-34)45(53)30-44(46)35-19-9-4-10-20-35/h2-31H,1H3. The van der Waals surface area contributed by atoms with Crippen molar-refractivity contribution in [2.45, 2.75) is 6.92 Å². The highest BCUT2D eigenvalue weighted by molar-refractivity contribution is 6.24. The molecule has 0 aliphatic heterocycles. The number of benzene rings is 9. The van der Waals surface area contributed by atoms with Crippen LogP contribution in [0.5, 0.6) is 0 Å². The zero-order chi connectivity index (χ0) is 37.3. The summed E-state index contributed by atoms with van der Waals surface area (Å²) in [7, 11) is 0. The van der Waals surface area contributed by atoms with Crippen molar-refractivity contribution < 1.29 is 8.81 Å². The zero-order valence-electron chi connectivity index (χ0n) is 30.5. The summed E-state index contributed by atoms with van der Waals surface area (Å²) < 4.78 is 25.7. The maximum atomic E-state index is 16.5. The number of fused-ring (bicyclic) bond motifs is 9. The van der Waals surface area contributed by atoms with E-state index in [1.165, 1.54) is 0 Å². The van der Waals surface area contributed by atoms with E-state index in [9.17, 15) is 0 Å². The second kappa shape index (κ2) is 12.6. The molecule has 56 heavy (non-hydrogen) atoms. The maximum Gasteiger partial charge on any atom is 0.149 e. The van der Waals surface area contributed by atoms with Crippen LogP contribution in [0.2, 0.25) is 0 Å². The van der Waals surface area contributed by atoms with Crippen LogP contribution in [0, 0.1) is 12.7 Å². The van der Waals surface area contributed by atoms with Crippen LogP contribution in [0.4, 0.5) is 4.39 Å². The van der Waals surface area contributed by atoms with Crippen molar-refractivity contribution in [3.8, 4) is 50.5 Å². The van der Waals surface area contributed by atoms with Gasteiger partial charge in [-0.15, -0.1) is 0 Å². The molecule has 0 saturated carbocycles. The topological polar surface area (TPSA) is 31.0 Å². The number of hydrogen-bond donors (Lipinski definition) is 0. The summed E-state index contributed by atoms with van der Waals surface area (Å²) >= 11 is 0. The van der Waals surface area contributed by atoms with Crippen LogP contribution in [0.15, 0.2) is 186 Å². The van der Waals surface area contributed by atoms with Crippen LogP contribution in [-0.2, 0) is 0 Å². The average molecular weight is 721 g/mol. The van der Waals surface area contributed by atoms with Gasteiger partial charge in [-0.1, -0.05) is 152 Å². The van der Waals surface area contributed by atoms with Gasteiger partial charge < -0.3 is 4.42 Å². The van der Waals surface area contributed by atoms with Gasteiger partial charge in [0.15, 0.2) is 0 Å². The van der Waals surface area contributed by atoms with Gasteiger partial charge in [-0.05, 0) is 75.8 Å². The molecule has 0 aliphatic carbocycles. The van der Waals surface area contributed by atoms with Crippen molar-refractivity contribution in [1.82, 2.24) is 9.55 Å². The minimum Gasteiger partial charge on any atom is -0.455 e. The Kier molecular flexibility index (Phi) is 7.26. The Morgan fingerprint density at radius 3 is 1.77 bits per heavy atom. The maximum absolute atomic E-state index is 16.5. The molecule has 0 N–H and O–H groups in total. The number of rotatable bonds is 5. The molecule has 0 amide bonds. The summed E-state index contributed by atoms with van der Waals surface area (Å²) in [5, 5.41) is 6.47. The molecule has 2 aromatic heterocycles. The summed E-state index contributed by atoms with van der Waals surface area (Å²) in [4.78, 5) is 5.62. The smallest absolute Gasteiger partial charge is 0.149 e. The van der Waals surface area contributed by atoms with Crippen molar-refractivity contribution in [2.75, 3.05) is 0 Å². The van der Waals surface area contributed by atoms with E-state index in [1.54, 1.807) is 6.07 Å². The number of aryl methyl sites for hydroxylation is 1. The molecule has 0 saturated heterocycles. The molecule has 9 aromatic carbocycles. The Hall–Kier alpha value is -7.30. The van der Waals surface area contributed by atoms with Crippen LogP contribution in [0.1, 0.15) is 5.56 Å². The Balaban J connectivity index is 1.31. The number of hydrogen-bond acceptors (Lipinski definition) is 2. The predicted molar refractivity (Wildman–Crippen MR) is 230 cm³/mol. The van der Waals surface area contributed by atoms with Crippen LogP contribution in [0.3, 0.4) is 0 Å². The Morgan fingerprint density at radius 1 is 0.482 bits per heavy atom. The Bertz CT molecular complexity index is 3310. The van der Waals surface area contributed by atoms with Crippen molar-refractivity contribution >= 4 is 54.5 Å². The first-order valence-electron chi connectivity index (χ1n) is 18.9. The third kappa shape index (κ3) is 4.93. The van der Waals surface area contributed by atoms with Gasteiger partial charge in [0.25, 0.3) is 0 Å². The number of halogens is 1. The first kappa shape index (κ1) is 32.2. The highest BCUT2D eigenvalue weighted by Gasteiger charge is 2.26. The predicted octanol–water partition coefficient (Wildman–Crippen LogP) is 14.3. The van der Waals surface area contributed by atoms with Gasteiger partial charge in [0.05, 0.1) is 22.3 Å². The molecule has 0 unspecified atom stereocenters. The molecule has 0 fully saturated rings. The summed E-state index contributed by atoms with van der Waals surface area (Å²) in [6, 6.07) is 61.7. The van der Waals surface area contributed by atoms with E-state index in [0.717, 1.165) is 105 Å². The summed E-state index contributed by atoms with van der Waals surface area (Å²) in [6.45, 7) is 2.13. The quantitative estimate of drug-likeness (QED) is 0.166. The van der Waals surface area contributed by atoms with Crippen molar-refractivity contribution in [3.05, 3.63) is 193 Å². The first-order chi connectivity index (χ1) is 27.6. The normalized spacial score (nSPS) is 11.8. The lowest BCUT2D eigenvalue weighted by Crippen LogP contribution is -2.03. The lowest BCUT2D eigenvalue weighted by atomic mass is 9.96. The summed E-state index contributed by atoms with van der Waals surface area (Å²) in [5.41, 5.74) is 11.4. The highest BCUT2D eigenvalue weighted by atomic mass is 19.1. The van der Waals surface area contributed by atoms with E-state index in [4.69, 9.17) is 9.40 Å². The van der Waals surface area contributed by atoms with Gasteiger partial charge >= 0.3 is 0 Å². The van der Waals surface area contributed by atoms with Gasteiger partial charge in [-0.3, -0.25) is 4.57 Å². The van der Waals surface area contributed by atoms with E-state index in [1.807, 2.05) is 72.8 Å². The van der Waals surface area contributed by atoms with E-state index >= 15 is 4.39 Å². The fraction of sp³-hybridized carbons (Fsp3) is 0.0192. The number of furan rings is 1. The van der Waals surface area contributed by atoms with Crippen molar-refractivity contribution in [2.24, 2.45) is 0 Å². The van der Waals surface area contributed by atoms with Gasteiger partial charge in [0, 0.05) is 32.7 Å². The molecule has 0 aliphatic rings. The largest absolute Gasteiger partial charge is 0.455 e. The molecule has 11 aromatic rings. The van der Waals surface area contributed by atoms with E-state index < -0.39 is 0 Å². The molecule has 264 valence electrons. The minimum absolute atomic E-state index is 0.288. The molecule has 3 nitrogen and oxygen atoms in total. The van der Waals surface area contributed by atoms with E-state index in [0.29, 0.717) is 5.56 Å². The Morgan fingerprint density at radius 2 is 1.07 bits per heavy atom. The molecule has 0 spiro atoms. The lowest BCUT2D eigenvalue weighted by Gasteiger charge is -2.19. The summed E-state index contributed by atoms with van der Waals surface area (Å²) in [6.07, 6.45) is 0. The molecular weight excluding hydrogens is 688 g/mol. The molecule has 0 bridgehead atoms. The van der Waals surface area contributed by atoms with Crippen LogP contribution >= 0.6 is 0 Å². The second-order valence-corrected chi connectivity index (χ2v) is 14.5. The molecule has 0 radical (unpaired) electrons. The summed E-state index contributed by atoms with van der Waals surface area (Å²) in [5.74, 6) is 0.431. The van der Waals surface area contributed by atoms with Crippen LogP contribution in [-0.4, -0.2) is 9.55 Å². The fourth-order valence-corrected chi connectivity index (χ4v) is 8.59. The van der Waals surface area contributed by atoms with Crippen molar-refractivity contribution in [3.63, 3.8) is 0 Å².